The van der Waals surface area contributed by atoms with E-state index < -0.39 is 16.8 Å². The van der Waals surface area contributed by atoms with Gasteiger partial charge in [-0.1, -0.05) is 41.5 Å². The summed E-state index contributed by atoms with van der Waals surface area (Å²) in [5.74, 6) is -0.312. The summed E-state index contributed by atoms with van der Waals surface area (Å²) in [6, 6.07) is 0. The lowest BCUT2D eigenvalue weighted by molar-refractivity contribution is -0.237. The molecule has 0 radical (unpaired) electrons. The molecule has 2 N–H and O–H groups in total. The van der Waals surface area contributed by atoms with Gasteiger partial charge in [0.05, 0.1) is 17.4 Å². The highest BCUT2D eigenvalue weighted by Gasteiger charge is 2.73. The van der Waals surface area contributed by atoms with E-state index in [1.165, 1.54) is 0 Å². The van der Waals surface area contributed by atoms with E-state index >= 15 is 0 Å². The van der Waals surface area contributed by atoms with Gasteiger partial charge in [0.25, 0.3) is 0 Å². The van der Waals surface area contributed by atoms with E-state index in [9.17, 15) is 24.6 Å². The Morgan fingerprint density at radius 1 is 0.886 bits per heavy atom. The van der Waals surface area contributed by atoms with Gasteiger partial charge in [0, 0.05) is 18.8 Å². The summed E-state index contributed by atoms with van der Waals surface area (Å²) < 4.78 is 0. The Labute approximate surface area is 210 Å². The minimum atomic E-state index is -0.771. The lowest BCUT2D eigenvalue weighted by atomic mass is 9.31. The molecule has 196 valence electrons. The SMILES string of the molecule is CC1(C)CC[C@]2(C(=O)O)CC[C@]3(C)C(C(=O)C[C@@H]4[C@@]5(C)CCC(=O)[C@@](C)(CO)[C@@H]5CC[C@]43C)[C@@H]2C1. The first-order valence-corrected chi connectivity index (χ1v) is 14.0. The van der Waals surface area contributed by atoms with E-state index in [1.807, 2.05) is 6.92 Å². The summed E-state index contributed by atoms with van der Waals surface area (Å²) in [4.78, 5) is 40.0. The number of hydrogen-bond donors (Lipinski definition) is 2. The highest BCUT2D eigenvalue weighted by molar-refractivity contribution is 5.88. The Morgan fingerprint density at radius 2 is 1.54 bits per heavy atom. The highest BCUT2D eigenvalue weighted by atomic mass is 16.4. The molecule has 9 atom stereocenters. The molecule has 5 aliphatic rings. The molecule has 0 bridgehead atoms. The van der Waals surface area contributed by atoms with Crippen LogP contribution < -0.4 is 0 Å². The van der Waals surface area contributed by atoms with Crippen molar-refractivity contribution >= 4 is 17.5 Å². The van der Waals surface area contributed by atoms with Crippen LogP contribution in [0.2, 0.25) is 0 Å². The van der Waals surface area contributed by atoms with Crippen molar-refractivity contribution in [2.75, 3.05) is 6.61 Å². The summed E-state index contributed by atoms with van der Waals surface area (Å²) in [5.41, 5.74) is -1.94. The normalized spacial score (nSPS) is 53.1. The Bertz CT molecular complexity index is 970. The Hall–Kier alpha value is -1.23. The molecule has 5 nitrogen and oxygen atoms in total. The number of carbonyl (C=O) groups excluding carboxylic acids is 2. The van der Waals surface area contributed by atoms with Crippen LogP contribution in [0.25, 0.3) is 0 Å². The molecule has 0 aromatic heterocycles. The Kier molecular flexibility index (Phi) is 5.39. The minimum Gasteiger partial charge on any atom is -0.481 e. The molecule has 0 heterocycles. The lowest BCUT2D eigenvalue weighted by Crippen LogP contribution is -2.70. The van der Waals surface area contributed by atoms with Crippen molar-refractivity contribution in [1.29, 1.82) is 0 Å². The molecule has 5 aliphatic carbocycles. The fourth-order valence-corrected chi connectivity index (χ4v) is 10.9. The fourth-order valence-electron chi connectivity index (χ4n) is 10.9. The van der Waals surface area contributed by atoms with Gasteiger partial charge in [-0.2, -0.15) is 0 Å². The Morgan fingerprint density at radius 3 is 2.17 bits per heavy atom. The molecule has 0 amide bonds. The Balaban J connectivity index is 1.60. The molecular formula is C30H46O5. The maximum Gasteiger partial charge on any atom is 0.309 e. The maximum atomic E-state index is 14.3. The van der Waals surface area contributed by atoms with E-state index in [0.29, 0.717) is 25.7 Å². The number of Topliss-reactive ketones (excluding diaryl/α,β-unsaturated/α-hetero) is 2. The zero-order valence-electron chi connectivity index (χ0n) is 22.7. The zero-order valence-corrected chi connectivity index (χ0v) is 22.7. The van der Waals surface area contributed by atoms with E-state index in [1.54, 1.807) is 0 Å². The van der Waals surface area contributed by atoms with Gasteiger partial charge in [0.15, 0.2) is 0 Å². The lowest BCUT2D eigenvalue weighted by Gasteiger charge is -2.72. The molecule has 1 unspecified atom stereocenters. The second-order valence-corrected chi connectivity index (χ2v) is 15.1. The van der Waals surface area contributed by atoms with Gasteiger partial charge in [0.1, 0.15) is 11.6 Å². The standard InChI is InChI=1S/C30H46O5/c1-25(2)11-13-30(24(34)35)14-12-29(6)23(18(30)16-25)19(32)15-21-26(3)9-8-22(33)27(4,17-31)20(26)7-10-28(21,29)5/h18,20-21,23,31H,7-17H2,1-6H3,(H,34,35)/t18-,20+,21+,23?,26-,27-,28+,29+,30-/m0/s1. The van der Waals surface area contributed by atoms with Crippen LogP contribution in [0.4, 0.5) is 0 Å². The third-order valence-electron chi connectivity index (χ3n) is 13.3. The quantitative estimate of drug-likeness (QED) is 0.524. The number of carboxylic acids is 1. The van der Waals surface area contributed by atoms with Gasteiger partial charge in [-0.3, -0.25) is 14.4 Å². The third-order valence-corrected chi connectivity index (χ3v) is 13.3. The molecule has 5 fully saturated rings. The summed E-state index contributed by atoms with van der Waals surface area (Å²) in [6.07, 6.45) is 7.43. The molecule has 0 spiro atoms. The van der Waals surface area contributed by atoms with Crippen molar-refractivity contribution in [3.05, 3.63) is 0 Å². The van der Waals surface area contributed by atoms with Gasteiger partial charge in [-0.15, -0.1) is 0 Å². The second kappa shape index (κ2) is 7.42. The topological polar surface area (TPSA) is 91.7 Å². The van der Waals surface area contributed by atoms with Crippen LogP contribution in [-0.2, 0) is 14.4 Å². The molecule has 35 heavy (non-hydrogen) atoms. The number of aliphatic hydroxyl groups excluding tert-OH is 1. The number of carboxylic acid groups (broad SMARTS) is 1. The van der Waals surface area contributed by atoms with E-state index in [4.69, 9.17) is 0 Å². The predicted octanol–water partition coefficient (Wildman–Crippen LogP) is 5.67. The van der Waals surface area contributed by atoms with Crippen LogP contribution in [0.3, 0.4) is 0 Å². The number of aliphatic hydroxyl groups is 1. The van der Waals surface area contributed by atoms with Crippen molar-refractivity contribution in [3.63, 3.8) is 0 Å². The fraction of sp³-hybridized carbons (Fsp3) is 0.900. The summed E-state index contributed by atoms with van der Waals surface area (Å²) in [7, 11) is 0. The average Bonchev–Trinajstić information content (AvgIpc) is 2.77. The minimum absolute atomic E-state index is 0.0518. The summed E-state index contributed by atoms with van der Waals surface area (Å²) in [6.45, 7) is 13.3. The summed E-state index contributed by atoms with van der Waals surface area (Å²) in [5, 5.41) is 20.8. The summed E-state index contributed by atoms with van der Waals surface area (Å²) >= 11 is 0. The first kappa shape index (κ1) is 25.4. The van der Waals surface area contributed by atoms with E-state index in [2.05, 4.69) is 34.6 Å². The van der Waals surface area contributed by atoms with Crippen molar-refractivity contribution in [1.82, 2.24) is 0 Å². The predicted molar refractivity (Wildman–Crippen MR) is 134 cm³/mol. The van der Waals surface area contributed by atoms with Crippen LogP contribution in [0.1, 0.15) is 106 Å². The maximum absolute atomic E-state index is 14.3. The number of fused-ring (bicyclic) bond motifs is 7. The van der Waals surface area contributed by atoms with Crippen molar-refractivity contribution in [3.8, 4) is 0 Å². The van der Waals surface area contributed by atoms with Crippen molar-refractivity contribution in [2.24, 2.45) is 56.2 Å². The molecule has 5 heteroatoms. The zero-order chi connectivity index (χ0) is 25.8. The van der Waals surface area contributed by atoms with Crippen LogP contribution in [0.15, 0.2) is 0 Å². The van der Waals surface area contributed by atoms with Crippen LogP contribution in [0.5, 0.6) is 0 Å². The van der Waals surface area contributed by atoms with Gasteiger partial charge < -0.3 is 10.2 Å². The largest absolute Gasteiger partial charge is 0.481 e. The molecule has 0 saturated heterocycles. The number of rotatable bonds is 2. The first-order valence-electron chi connectivity index (χ1n) is 14.0. The number of ketones is 2. The second-order valence-electron chi connectivity index (χ2n) is 15.1. The molecule has 0 aliphatic heterocycles. The number of aliphatic carboxylic acids is 1. The number of hydrogen-bond acceptors (Lipinski definition) is 4. The molecule has 0 aromatic rings. The van der Waals surface area contributed by atoms with E-state index in [-0.39, 0.29) is 63.5 Å². The molecule has 5 rings (SSSR count). The van der Waals surface area contributed by atoms with E-state index in [0.717, 1.165) is 38.5 Å². The molecular weight excluding hydrogens is 440 g/mol. The van der Waals surface area contributed by atoms with Gasteiger partial charge in [-0.25, -0.2) is 0 Å². The van der Waals surface area contributed by atoms with Gasteiger partial charge in [-0.05, 0) is 90.8 Å². The molecule has 5 saturated carbocycles. The monoisotopic (exact) mass is 486 g/mol. The molecule has 0 aromatic carbocycles. The van der Waals surface area contributed by atoms with Crippen LogP contribution >= 0.6 is 0 Å². The van der Waals surface area contributed by atoms with Gasteiger partial charge >= 0.3 is 5.97 Å². The third kappa shape index (κ3) is 3.00. The number of carbonyl (C=O) groups is 3. The van der Waals surface area contributed by atoms with Gasteiger partial charge in [0.2, 0.25) is 0 Å². The van der Waals surface area contributed by atoms with Crippen LogP contribution in [-0.4, -0.2) is 34.4 Å². The smallest absolute Gasteiger partial charge is 0.309 e. The average molecular weight is 487 g/mol. The van der Waals surface area contributed by atoms with Crippen molar-refractivity contribution < 1.29 is 24.6 Å². The van der Waals surface area contributed by atoms with Crippen molar-refractivity contribution in [2.45, 2.75) is 106 Å². The van der Waals surface area contributed by atoms with Crippen LogP contribution in [0, 0.1) is 56.2 Å². The first-order chi connectivity index (χ1) is 16.1. The highest BCUT2D eigenvalue weighted by Crippen LogP contribution is 2.76.